The third-order valence-corrected chi connectivity index (χ3v) is 5.57. The molecular weight excluding hydrogens is 357 g/mol. The van der Waals surface area contributed by atoms with Crippen molar-refractivity contribution in [3.8, 4) is 0 Å². The Kier molecular flexibility index (Phi) is 6.02. The van der Waals surface area contributed by atoms with E-state index in [1.54, 1.807) is 12.3 Å². The van der Waals surface area contributed by atoms with Crippen molar-refractivity contribution in [2.24, 2.45) is 0 Å². The van der Waals surface area contributed by atoms with E-state index in [1.165, 1.54) is 6.07 Å². The van der Waals surface area contributed by atoms with Crippen LogP contribution in [-0.2, 0) is 6.54 Å². The molecule has 2 saturated heterocycles. The number of halogens is 1. The fraction of sp³-hybridized carbons (Fsp3) is 0.524. The summed E-state index contributed by atoms with van der Waals surface area (Å²) in [5.41, 5.74) is 0.748. The standard InChI is InChI=1S/C21H28FN5O/c22-19-7-2-1-5-17(19)15-25-10-4-12-26(14-13-25)21-23-9-8-20(24-21)27-11-3-6-18(28)16-27/h1-2,5,7-9,18,28H,3-4,6,10-16H2. The zero-order chi connectivity index (χ0) is 19.3. The van der Waals surface area contributed by atoms with E-state index in [0.717, 1.165) is 69.3 Å². The van der Waals surface area contributed by atoms with Crippen molar-refractivity contribution >= 4 is 11.8 Å². The molecule has 28 heavy (non-hydrogen) atoms. The van der Waals surface area contributed by atoms with E-state index in [-0.39, 0.29) is 11.9 Å². The lowest BCUT2D eigenvalue weighted by molar-refractivity contribution is 0.154. The minimum atomic E-state index is -0.280. The number of hydrogen-bond donors (Lipinski definition) is 1. The Morgan fingerprint density at radius 1 is 1.00 bits per heavy atom. The maximum Gasteiger partial charge on any atom is 0.227 e. The molecule has 0 amide bonds. The fourth-order valence-electron chi connectivity index (χ4n) is 4.03. The van der Waals surface area contributed by atoms with Gasteiger partial charge >= 0.3 is 0 Å². The molecule has 1 aromatic heterocycles. The molecule has 1 unspecified atom stereocenters. The molecule has 150 valence electrons. The van der Waals surface area contributed by atoms with Gasteiger partial charge in [-0.05, 0) is 31.4 Å². The third-order valence-electron chi connectivity index (χ3n) is 5.57. The van der Waals surface area contributed by atoms with Gasteiger partial charge in [-0.15, -0.1) is 0 Å². The number of rotatable bonds is 4. The smallest absolute Gasteiger partial charge is 0.227 e. The van der Waals surface area contributed by atoms with Gasteiger partial charge in [0, 0.05) is 57.6 Å². The van der Waals surface area contributed by atoms with Gasteiger partial charge in [-0.3, -0.25) is 4.90 Å². The average molecular weight is 385 g/mol. The summed E-state index contributed by atoms with van der Waals surface area (Å²) in [4.78, 5) is 15.9. The van der Waals surface area contributed by atoms with Crippen molar-refractivity contribution in [3.63, 3.8) is 0 Å². The summed E-state index contributed by atoms with van der Waals surface area (Å²) in [6.45, 7) is 5.68. The summed E-state index contributed by atoms with van der Waals surface area (Å²) in [5, 5.41) is 9.94. The first-order valence-electron chi connectivity index (χ1n) is 10.2. The van der Waals surface area contributed by atoms with E-state index in [9.17, 15) is 9.50 Å². The second-order valence-electron chi connectivity index (χ2n) is 7.67. The fourth-order valence-corrected chi connectivity index (χ4v) is 4.03. The molecule has 7 heteroatoms. The van der Waals surface area contributed by atoms with Crippen LogP contribution in [0.15, 0.2) is 36.5 Å². The molecule has 1 aromatic carbocycles. The number of β-amino-alcohol motifs (C(OH)–C–C–N with tert-alkyl or cyclic N) is 1. The van der Waals surface area contributed by atoms with E-state index in [1.807, 2.05) is 18.2 Å². The maximum atomic E-state index is 14.0. The Bertz CT molecular complexity index is 789. The summed E-state index contributed by atoms with van der Waals surface area (Å²) >= 11 is 0. The first kappa shape index (κ1) is 19.1. The summed E-state index contributed by atoms with van der Waals surface area (Å²) in [7, 11) is 0. The number of anilines is 2. The number of benzene rings is 1. The van der Waals surface area contributed by atoms with Crippen molar-refractivity contribution in [1.29, 1.82) is 0 Å². The minimum Gasteiger partial charge on any atom is -0.391 e. The van der Waals surface area contributed by atoms with Crippen molar-refractivity contribution in [3.05, 3.63) is 47.9 Å². The van der Waals surface area contributed by atoms with Crippen LogP contribution in [0.1, 0.15) is 24.8 Å². The Morgan fingerprint density at radius 3 is 2.71 bits per heavy atom. The second-order valence-corrected chi connectivity index (χ2v) is 7.67. The van der Waals surface area contributed by atoms with E-state index in [4.69, 9.17) is 4.98 Å². The van der Waals surface area contributed by atoms with Crippen LogP contribution in [-0.4, -0.2) is 65.3 Å². The zero-order valence-corrected chi connectivity index (χ0v) is 16.2. The van der Waals surface area contributed by atoms with E-state index in [2.05, 4.69) is 19.7 Å². The largest absolute Gasteiger partial charge is 0.391 e. The van der Waals surface area contributed by atoms with Gasteiger partial charge in [0.2, 0.25) is 5.95 Å². The van der Waals surface area contributed by atoms with Crippen LogP contribution in [0, 0.1) is 5.82 Å². The SMILES string of the molecule is OC1CCCN(c2ccnc(N3CCCN(Cc4ccccc4F)CC3)n2)C1. The third kappa shape index (κ3) is 4.59. The van der Waals surface area contributed by atoms with Crippen LogP contribution in [0.5, 0.6) is 0 Å². The van der Waals surface area contributed by atoms with Crippen molar-refractivity contribution in [2.45, 2.75) is 31.9 Å². The molecule has 1 N–H and O–H groups in total. The van der Waals surface area contributed by atoms with Gasteiger partial charge in [0.05, 0.1) is 6.10 Å². The van der Waals surface area contributed by atoms with Gasteiger partial charge in [0.15, 0.2) is 0 Å². The normalized spacial score (nSPS) is 21.6. The van der Waals surface area contributed by atoms with Gasteiger partial charge < -0.3 is 14.9 Å². The van der Waals surface area contributed by atoms with E-state index in [0.29, 0.717) is 13.1 Å². The molecule has 1 atom stereocenters. The van der Waals surface area contributed by atoms with E-state index >= 15 is 0 Å². The molecule has 0 aliphatic carbocycles. The number of aliphatic hydroxyl groups is 1. The van der Waals surface area contributed by atoms with Crippen LogP contribution in [0.3, 0.4) is 0 Å². The number of aromatic nitrogens is 2. The highest BCUT2D eigenvalue weighted by Gasteiger charge is 2.21. The number of hydrogen-bond acceptors (Lipinski definition) is 6. The van der Waals surface area contributed by atoms with Crippen molar-refractivity contribution in [2.75, 3.05) is 49.1 Å². The van der Waals surface area contributed by atoms with Gasteiger partial charge in [0.1, 0.15) is 11.6 Å². The monoisotopic (exact) mass is 385 g/mol. The molecule has 0 spiro atoms. The van der Waals surface area contributed by atoms with Gasteiger partial charge in [-0.25, -0.2) is 9.37 Å². The van der Waals surface area contributed by atoms with Crippen molar-refractivity contribution < 1.29 is 9.50 Å². The molecule has 3 heterocycles. The number of piperidine rings is 1. The van der Waals surface area contributed by atoms with Crippen LogP contribution in [0.4, 0.5) is 16.2 Å². The maximum absolute atomic E-state index is 14.0. The lowest BCUT2D eigenvalue weighted by Gasteiger charge is -2.31. The molecule has 2 aromatic rings. The number of aliphatic hydroxyl groups excluding tert-OH is 1. The predicted molar refractivity (Wildman–Crippen MR) is 108 cm³/mol. The molecule has 2 aliphatic heterocycles. The van der Waals surface area contributed by atoms with Gasteiger partial charge in [-0.2, -0.15) is 4.98 Å². The average Bonchev–Trinajstić information content (AvgIpc) is 2.96. The van der Waals surface area contributed by atoms with Crippen LogP contribution >= 0.6 is 0 Å². The highest BCUT2D eigenvalue weighted by molar-refractivity contribution is 5.44. The first-order chi connectivity index (χ1) is 13.7. The Balaban J connectivity index is 1.40. The Hall–Kier alpha value is -2.25. The van der Waals surface area contributed by atoms with Crippen LogP contribution < -0.4 is 9.80 Å². The molecule has 6 nitrogen and oxygen atoms in total. The van der Waals surface area contributed by atoms with Crippen LogP contribution in [0.25, 0.3) is 0 Å². The van der Waals surface area contributed by atoms with Crippen LogP contribution in [0.2, 0.25) is 0 Å². The summed E-state index contributed by atoms with van der Waals surface area (Å²) in [5.74, 6) is 1.49. The minimum absolute atomic E-state index is 0.136. The van der Waals surface area contributed by atoms with Crippen molar-refractivity contribution in [1.82, 2.24) is 14.9 Å². The zero-order valence-electron chi connectivity index (χ0n) is 16.2. The van der Waals surface area contributed by atoms with Gasteiger partial charge in [0.25, 0.3) is 0 Å². The predicted octanol–water partition coefficient (Wildman–Crippen LogP) is 2.29. The molecule has 2 fully saturated rings. The summed E-state index contributed by atoms with van der Waals surface area (Å²) in [6.07, 6.45) is 4.36. The molecule has 0 bridgehead atoms. The topological polar surface area (TPSA) is 55.7 Å². The molecular formula is C21H28FN5O. The quantitative estimate of drug-likeness (QED) is 0.872. The summed E-state index contributed by atoms with van der Waals surface area (Å²) in [6, 6.07) is 8.92. The second kappa shape index (κ2) is 8.84. The molecule has 2 aliphatic rings. The van der Waals surface area contributed by atoms with E-state index < -0.39 is 0 Å². The lowest BCUT2D eigenvalue weighted by atomic mass is 10.1. The lowest BCUT2D eigenvalue weighted by Crippen LogP contribution is -2.39. The first-order valence-corrected chi connectivity index (χ1v) is 10.2. The summed E-state index contributed by atoms with van der Waals surface area (Å²) < 4.78 is 14.0. The highest BCUT2D eigenvalue weighted by Crippen LogP contribution is 2.21. The number of nitrogens with zero attached hydrogens (tertiary/aromatic N) is 5. The Labute approximate surface area is 165 Å². The molecule has 0 radical (unpaired) electrons. The Morgan fingerprint density at radius 2 is 1.86 bits per heavy atom. The van der Waals surface area contributed by atoms with Gasteiger partial charge in [-0.1, -0.05) is 18.2 Å². The molecule has 0 saturated carbocycles. The molecule has 4 rings (SSSR count). The highest BCUT2D eigenvalue weighted by atomic mass is 19.1.